The van der Waals surface area contributed by atoms with Crippen molar-refractivity contribution in [2.45, 2.75) is 12.7 Å². The molecule has 0 fully saturated rings. The van der Waals surface area contributed by atoms with Crippen LogP contribution in [0.25, 0.3) is 0 Å². The molecule has 2 rings (SSSR count). The van der Waals surface area contributed by atoms with Crippen molar-refractivity contribution in [3.8, 4) is 0 Å². The molecule has 0 amide bonds. The first-order valence-corrected chi connectivity index (χ1v) is 6.43. The van der Waals surface area contributed by atoms with Gasteiger partial charge in [0.25, 0.3) is 0 Å². The summed E-state index contributed by atoms with van der Waals surface area (Å²) in [5.41, 5.74) is -0.865. The number of halogens is 5. The van der Waals surface area contributed by atoms with Crippen LogP contribution < -0.4 is 0 Å². The fourth-order valence-electron chi connectivity index (χ4n) is 1.36. The van der Waals surface area contributed by atoms with Crippen LogP contribution in [0.3, 0.4) is 0 Å². The summed E-state index contributed by atoms with van der Waals surface area (Å²) < 4.78 is 38.4. The predicted octanol–water partition coefficient (Wildman–Crippen LogP) is 4.15. The maximum atomic E-state index is 12.3. The molecule has 0 saturated heterocycles. The normalized spacial score (nSPS) is 11.8. The minimum atomic E-state index is -4.53. The van der Waals surface area contributed by atoms with E-state index in [-0.39, 0.29) is 16.4 Å². The third-order valence-electron chi connectivity index (χ3n) is 2.19. The number of rotatable bonds is 3. The molecule has 0 N–H and O–H groups in total. The summed E-state index contributed by atoms with van der Waals surface area (Å²) in [5.74, 6) is -0.454. The van der Waals surface area contributed by atoms with E-state index in [0.29, 0.717) is 4.34 Å². The minimum absolute atomic E-state index is 0.181. The van der Waals surface area contributed by atoms with Gasteiger partial charge in [-0.25, -0.2) is 0 Å². The lowest BCUT2D eigenvalue weighted by Gasteiger charge is -2.02. The molecule has 0 spiro atoms. The van der Waals surface area contributed by atoms with Gasteiger partial charge < -0.3 is 0 Å². The quantitative estimate of drug-likeness (QED) is 0.793. The molecule has 2 aromatic rings. The molecule has 0 unspecified atom stereocenters. The molecular weight excluding hydrogens is 324 g/mol. The number of aromatic nitrogens is 2. The standard InChI is InChI=1S/C10H5Cl2F3N2OS/c11-8-3-5(9(12)19-8)6(18)4-17-2-1-7(16-17)10(13,14)15/h1-3H,4H2. The van der Waals surface area contributed by atoms with Crippen LogP contribution in [0.4, 0.5) is 13.2 Å². The van der Waals surface area contributed by atoms with Gasteiger partial charge >= 0.3 is 6.18 Å². The van der Waals surface area contributed by atoms with Gasteiger partial charge in [0.15, 0.2) is 11.5 Å². The smallest absolute Gasteiger partial charge is 0.292 e. The third kappa shape index (κ3) is 3.29. The number of ketones is 1. The van der Waals surface area contributed by atoms with Gasteiger partial charge in [-0.2, -0.15) is 18.3 Å². The molecule has 0 aromatic carbocycles. The molecule has 0 aliphatic rings. The second kappa shape index (κ2) is 5.15. The Kier molecular flexibility index (Phi) is 3.89. The lowest BCUT2D eigenvalue weighted by molar-refractivity contribution is -0.141. The molecule has 2 aromatic heterocycles. The summed E-state index contributed by atoms with van der Waals surface area (Å²) in [7, 11) is 0. The number of hydrogen-bond acceptors (Lipinski definition) is 3. The van der Waals surface area contributed by atoms with Crippen molar-refractivity contribution in [2.75, 3.05) is 0 Å². The summed E-state index contributed by atoms with van der Waals surface area (Å²) >= 11 is 12.5. The number of alkyl halides is 3. The molecule has 0 aliphatic heterocycles. The average Bonchev–Trinajstić information content (AvgIpc) is 2.84. The minimum Gasteiger partial charge on any atom is -0.292 e. The van der Waals surface area contributed by atoms with Gasteiger partial charge in [-0.15, -0.1) is 11.3 Å². The Morgan fingerprint density at radius 2 is 2.11 bits per heavy atom. The van der Waals surface area contributed by atoms with Gasteiger partial charge in [0, 0.05) is 6.20 Å². The Bertz CT molecular complexity index is 621. The van der Waals surface area contributed by atoms with E-state index in [0.717, 1.165) is 28.3 Å². The van der Waals surface area contributed by atoms with Crippen molar-refractivity contribution >= 4 is 40.3 Å². The van der Waals surface area contributed by atoms with E-state index in [1.165, 1.54) is 6.07 Å². The number of Topliss-reactive ketones (excluding diaryl/α,β-unsaturated/α-hetero) is 1. The van der Waals surface area contributed by atoms with Crippen LogP contribution >= 0.6 is 34.5 Å². The van der Waals surface area contributed by atoms with Gasteiger partial charge in [-0.3, -0.25) is 9.48 Å². The summed E-state index contributed by atoms with van der Waals surface area (Å²) in [6.07, 6.45) is -3.44. The Balaban J connectivity index is 2.16. The molecule has 102 valence electrons. The van der Waals surface area contributed by atoms with E-state index >= 15 is 0 Å². The molecule has 0 bridgehead atoms. The number of carbonyl (C=O) groups is 1. The van der Waals surface area contributed by atoms with Crippen LogP contribution in [0.15, 0.2) is 18.3 Å². The van der Waals surface area contributed by atoms with Crippen molar-refractivity contribution in [3.63, 3.8) is 0 Å². The van der Waals surface area contributed by atoms with Crippen molar-refractivity contribution in [1.82, 2.24) is 9.78 Å². The highest BCUT2D eigenvalue weighted by molar-refractivity contribution is 7.20. The maximum absolute atomic E-state index is 12.3. The number of thiophene rings is 1. The zero-order valence-corrected chi connectivity index (χ0v) is 11.4. The predicted molar refractivity (Wildman–Crippen MR) is 65.9 cm³/mol. The molecule has 3 nitrogen and oxygen atoms in total. The van der Waals surface area contributed by atoms with Crippen LogP contribution in [0.5, 0.6) is 0 Å². The van der Waals surface area contributed by atoms with Crippen LogP contribution in [0.2, 0.25) is 8.67 Å². The SMILES string of the molecule is O=C(Cn1ccc(C(F)(F)F)n1)c1cc(Cl)sc1Cl. The van der Waals surface area contributed by atoms with Crippen molar-refractivity contribution in [2.24, 2.45) is 0 Å². The molecule has 0 atom stereocenters. The summed E-state index contributed by atoms with van der Waals surface area (Å²) in [6, 6.07) is 2.18. The van der Waals surface area contributed by atoms with Gasteiger partial charge in [-0.05, 0) is 12.1 Å². The molecule has 0 saturated carbocycles. The summed E-state index contributed by atoms with van der Waals surface area (Å²) in [6.45, 7) is -0.330. The van der Waals surface area contributed by atoms with Gasteiger partial charge in [0.1, 0.15) is 10.9 Å². The Labute approximate surface area is 119 Å². The first-order valence-electron chi connectivity index (χ1n) is 4.86. The molecule has 0 radical (unpaired) electrons. The molecule has 19 heavy (non-hydrogen) atoms. The van der Waals surface area contributed by atoms with E-state index in [1.54, 1.807) is 0 Å². The second-order valence-electron chi connectivity index (χ2n) is 3.56. The largest absolute Gasteiger partial charge is 0.435 e. The Morgan fingerprint density at radius 3 is 2.58 bits per heavy atom. The van der Waals surface area contributed by atoms with Crippen molar-refractivity contribution in [3.05, 3.63) is 38.3 Å². The summed E-state index contributed by atoms with van der Waals surface area (Å²) in [5, 5.41) is 3.28. The van der Waals surface area contributed by atoms with Crippen LogP contribution in [0.1, 0.15) is 16.1 Å². The number of nitrogens with zero attached hydrogens (tertiary/aromatic N) is 2. The molecule has 2 heterocycles. The first kappa shape index (κ1) is 14.4. The van der Waals surface area contributed by atoms with Gasteiger partial charge in [-0.1, -0.05) is 23.2 Å². The van der Waals surface area contributed by atoms with Crippen LogP contribution in [-0.2, 0) is 12.7 Å². The Morgan fingerprint density at radius 1 is 1.42 bits per heavy atom. The lowest BCUT2D eigenvalue weighted by Crippen LogP contribution is -2.13. The Hall–Kier alpha value is -1.05. The number of carbonyl (C=O) groups excluding carboxylic acids is 1. The van der Waals surface area contributed by atoms with E-state index < -0.39 is 17.7 Å². The monoisotopic (exact) mass is 328 g/mol. The molecular formula is C10H5Cl2F3N2OS. The van der Waals surface area contributed by atoms with Gasteiger partial charge in [0.05, 0.1) is 9.90 Å². The van der Waals surface area contributed by atoms with E-state index in [2.05, 4.69) is 5.10 Å². The fourth-order valence-corrected chi connectivity index (χ4v) is 2.86. The third-order valence-corrected chi connectivity index (χ3v) is 3.68. The molecule has 0 aliphatic carbocycles. The highest BCUT2D eigenvalue weighted by Gasteiger charge is 2.33. The van der Waals surface area contributed by atoms with Gasteiger partial charge in [0.2, 0.25) is 0 Å². The van der Waals surface area contributed by atoms with Crippen molar-refractivity contribution in [1.29, 1.82) is 0 Å². The number of hydrogen-bond donors (Lipinski definition) is 0. The maximum Gasteiger partial charge on any atom is 0.435 e. The van der Waals surface area contributed by atoms with Crippen molar-refractivity contribution < 1.29 is 18.0 Å². The zero-order valence-electron chi connectivity index (χ0n) is 9.04. The molecule has 9 heteroatoms. The van der Waals surface area contributed by atoms with E-state index in [4.69, 9.17) is 23.2 Å². The summed E-state index contributed by atoms with van der Waals surface area (Å²) in [4.78, 5) is 11.8. The fraction of sp³-hybridized carbons (Fsp3) is 0.200. The lowest BCUT2D eigenvalue weighted by atomic mass is 10.2. The zero-order chi connectivity index (χ0) is 14.2. The van der Waals surface area contributed by atoms with E-state index in [1.807, 2.05) is 0 Å². The highest BCUT2D eigenvalue weighted by Crippen LogP contribution is 2.32. The average molecular weight is 329 g/mol. The van der Waals surface area contributed by atoms with E-state index in [9.17, 15) is 18.0 Å². The topological polar surface area (TPSA) is 34.9 Å². The van der Waals surface area contributed by atoms with Crippen LogP contribution in [0, 0.1) is 0 Å². The highest BCUT2D eigenvalue weighted by atomic mass is 35.5. The van der Waals surface area contributed by atoms with Crippen LogP contribution in [-0.4, -0.2) is 15.6 Å². The second-order valence-corrected chi connectivity index (χ2v) is 5.84. The first-order chi connectivity index (χ1) is 8.77.